The van der Waals surface area contributed by atoms with E-state index in [-0.39, 0.29) is 16.5 Å². The van der Waals surface area contributed by atoms with Crippen LogP contribution in [-0.4, -0.2) is 35.6 Å². The number of carbonyl (C=O) groups excluding carboxylic acids is 1. The molecule has 0 radical (unpaired) electrons. The molecule has 1 fully saturated rings. The molecular formula is C17H18ClFN4O2. The van der Waals surface area contributed by atoms with Gasteiger partial charge in [0.05, 0.1) is 17.8 Å². The number of ether oxygens (including phenoxy) is 1. The number of rotatable bonds is 5. The third kappa shape index (κ3) is 3.99. The second-order valence-corrected chi connectivity index (χ2v) is 6.00. The Bertz CT molecular complexity index is 781. The van der Waals surface area contributed by atoms with Gasteiger partial charge >= 0.3 is 0 Å². The van der Waals surface area contributed by atoms with Crippen molar-refractivity contribution in [1.82, 2.24) is 9.97 Å². The predicted molar refractivity (Wildman–Crippen MR) is 94.0 cm³/mol. The number of nitrogens with one attached hydrogen (secondary N) is 1. The van der Waals surface area contributed by atoms with Crippen LogP contribution in [0.4, 0.5) is 16.0 Å². The van der Waals surface area contributed by atoms with E-state index in [0.29, 0.717) is 18.2 Å². The number of anilines is 2. The van der Waals surface area contributed by atoms with Crippen molar-refractivity contribution in [3.63, 3.8) is 0 Å². The van der Waals surface area contributed by atoms with Gasteiger partial charge in [-0.15, -0.1) is 0 Å². The number of hydrogen-bond donors (Lipinski definition) is 1. The van der Waals surface area contributed by atoms with E-state index >= 15 is 0 Å². The van der Waals surface area contributed by atoms with Crippen molar-refractivity contribution in [1.29, 1.82) is 0 Å². The molecule has 2 heterocycles. The van der Waals surface area contributed by atoms with Gasteiger partial charge in [0.1, 0.15) is 0 Å². The zero-order chi connectivity index (χ0) is 17.8. The highest BCUT2D eigenvalue weighted by molar-refractivity contribution is 6.34. The van der Waals surface area contributed by atoms with Crippen molar-refractivity contribution >= 4 is 29.1 Å². The minimum Gasteiger partial charge on any atom is -0.491 e. The number of carbonyl (C=O) groups is 1. The van der Waals surface area contributed by atoms with Crippen LogP contribution in [0.3, 0.4) is 0 Å². The summed E-state index contributed by atoms with van der Waals surface area (Å²) in [5.41, 5.74) is 0.358. The highest BCUT2D eigenvalue weighted by Crippen LogP contribution is 2.23. The van der Waals surface area contributed by atoms with Gasteiger partial charge in [-0.2, -0.15) is 0 Å². The molecule has 3 rings (SSSR count). The monoisotopic (exact) mass is 364 g/mol. The first-order chi connectivity index (χ1) is 12.1. The van der Waals surface area contributed by atoms with Crippen LogP contribution in [0.1, 0.15) is 30.3 Å². The van der Waals surface area contributed by atoms with Gasteiger partial charge < -0.3 is 15.0 Å². The van der Waals surface area contributed by atoms with Gasteiger partial charge in [0.25, 0.3) is 5.91 Å². The number of amides is 1. The van der Waals surface area contributed by atoms with E-state index in [0.717, 1.165) is 25.9 Å². The molecule has 1 aliphatic heterocycles. The molecule has 0 atom stereocenters. The molecule has 0 aliphatic carbocycles. The number of nitrogens with zero attached hydrogens (tertiary/aromatic N) is 3. The molecule has 1 saturated heterocycles. The Labute approximate surface area is 150 Å². The third-order valence-corrected chi connectivity index (χ3v) is 4.10. The third-order valence-electron chi connectivity index (χ3n) is 3.82. The predicted octanol–water partition coefficient (Wildman–Crippen LogP) is 3.52. The molecular weight excluding hydrogens is 347 g/mol. The first kappa shape index (κ1) is 17.4. The number of benzene rings is 1. The Hall–Kier alpha value is -2.41. The molecule has 1 N–H and O–H groups in total. The molecule has 0 bridgehead atoms. The van der Waals surface area contributed by atoms with Crippen LogP contribution < -0.4 is 15.0 Å². The van der Waals surface area contributed by atoms with E-state index in [1.807, 2.05) is 4.90 Å². The molecule has 1 aromatic heterocycles. The Morgan fingerprint density at radius 3 is 2.84 bits per heavy atom. The van der Waals surface area contributed by atoms with Crippen LogP contribution in [0.25, 0.3) is 0 Å². The maximum absolute atomic E-state index is 13.9. The maximum Gasteiger partial charge on any atom is 0.276 e. The van der Waals surface area contributed by atoms with Gasteiger partial charge in [-0.3, -0.25) is 4.79 Å². The Morgan fingerprint density at radius 1 is 1.40 bits per heavy atom. The SMILES string of the molecule is CCOc1ccc(NC(=O)c2nc(N3CCCC3)ncc2Cl)cc1F. The molecule has 1 aliphatic rings. The van der Waals surface area contributed by atoms with E-state index in [1.165, 1.54) is 18.3 Å². The molecule has 132 valence electrons. The summed E-state index contributed by atoms with van der Waals surface area (Å²) in [5.74, 6) is -0.454. The quantitative estimate of drug-likeness (QED) is 0.879. The van der Waals surface area contributed by atoms with Crippen LogP contribution in [0, 0.1) is 5.82 Å². The lowest BCUT2D eigenvalue weighted by Gasteiger charge is -2.16. The van der Waals surface area contributed by atoms with Gasteiger partial charge in [0, 0.05) is 24.8 Å². The molecule has 0 saturated carbocycles. The molecule has 6 nitrogen and oxygen atoms in total. The Balaban J connectivity index is 1.78. The standard InChI is InChI=1S/C17H18ClFN4O2/c1-2-25-14-6-5-11(9-13(14)19)21-16(24)15-12(18)10-20-17(22-15)23-7-3-4-8-23/h5-6,9-10H,2-4,7-8H2,1H3,(H,21,24). The fourth-order valence-corrected chi connectivity index (χ4v) is 2.80. The van der Waals surface area contributed by atoms with Crippen LogP contribution in [0.5, 0.6) is 5.75 Å². The highest BCUT2D eigenvalue weighted by atomic mass is 35.5. The van der Waals surface area contributed by atoms with E-state index < -0.39 is 11.7 Å². The minimum absolute atomic E-state index is 0.0628. The van der Waals surface area contributed by atoms with Crippen LogP contribution in [0.2, 0.25) is 5.02 Å². The minimum atomic E-state index is -0.550. The topological polar surface area (TPSA) is 67.3 Å². The molecule has 2 aromatic rings. The second-order valence-electron chi connectivity index (χ2n) is 5.59. The average molecular weight is 365 g/mol. The van der Waals surface area contributed by atoms with E-state index in [4.69, 9.17) is 16.3 Å². The molecule has 0 spiro atoms. The van der Waals surface area contributed by atoms with Gasteiger partial charge in [0.2, 0.25) is 5.95 Å². The molecule has 25 heavy (non-hydrogen) atoms. The Kier molecular flexibility index (Phi) is 5.33. The fourth-order valence-electron chi connectivity index (χ4n) is 2.63. The first-order valence-electron chi connectivity index (χ1n) is 8.09. The highest BCUT2D eigenvalue weighted by Gasteiger charge is 2.20. The summed E-state index contributed by atoms with van der Waals surface area (Å²) >= 11 is 6.06. The number of halogens is 2. The first-order valence-corrected chi connectivity index (χ1v) is 8.47. The van der Waals surface area contributed by atoms with Gasteiger partial charge in [-0.05, 0) is 31.9 Å². The van der Waals surface area contributed by atoms with Crippen LogP contribution in [0.15, 0.2) is 24.4 Å². The Morgan fingerprint density at radius 2 is 2.16 bits per heavy atom. The summed E-state index contributed by atoms with van der Waals surface area (Å²) < 4.78 is 19.0. The van der Waals surface area contributed by atoms with Gasteiger partial charge in [-0.25, -0.2) is 14.4 Å². The van der Waals surface area contributed by atoms with Crippen molar-refractivity contribution in [2.75, 3.05) is 29.9 Å². The largest absolute Gasteiger partial charge is 0.491 e. The molecule has 8 heteroatoms. The van der Waals surface area contributed by atoms with E-state index in [1.54, 1.807) is 13.0 Å². The van der Waals surface area contributed by atoms with Crippen molar-refractivity contribution in [2.45, 2.75) is 19.8 Å². The van der Waals surface area contributed by atoms with E-state index in [9.17, 15) is 9.18 Å². The number of hydrogen-bond acceptors (Lipinski definition) is 5. The van der Waals surface area contributed by atoms with Crippen molar-refractivity contribution < 1.29 is 13.9 Å². The maximum atomic E-state index is 13.9. The lowest BCUT2D eigenvalue weighted by molar-refractivity contribution is 0.102. The van der Waals surface area contributed by atoms with Gasteiger partial charge in [0.15, 0.2) is 17.3 Å². The van der Waals surface area contributed by atoms with E-state index in [2.05, 4.69) is 15.3 Å². The smallest absolute Gasteiger partial charge is 0.276 e. The van der Waals surface area contributed by atoms with Gasteiger partial charge in [-0.1, -0.05) is 11.6 Å². The lowest BCUT2D eigenvalue weighted by Crippen LogP contribution is -2.23. The number of aromatic nitrogens is 2. The van der Waals surface area contributed by atoms with Crippen molar-refractivity contribution in [3.05, 3.63) is 40.9 Å². The van der Waals surface area contributed by atoms with Crippen molar-refractivity contribution in [2.24, 2.45) is 0 Å². The zero-order valence-electron chi connectivity index (χ0n) is 13.8. The molecule has 1 aromatic carbocycles. The molecule has 0 unspecified atom stereocenters. The summed E-state index contributed by atoms with van der Waals surface area (Å²) in [6.07, 6.45) is 3.55. The summed E-state index contributed by atoms with van der Waals surface area (Å²) in [4.78, 5) is 22.9. The van der Waals surface area contributed by atoms with Crippen LogP contribution >= 0.6 is 11.6 Å². The zero-order valence-corrected chi connectivity index (χ0v) is 14.5. The lowest BCUT2D eigenvalue weighted by atomic mass is 10.2. The van der Waals surface area contributed by atoms with Crippen molar-refractivity contribution in [3.8, 4) is 5.75 Å². The molecule has 1 amide bonds. The summed E-state index contributed by atoms with van der Waals surface area (Å²) in [5, 5.41) is 2.74. The second kappa shape index (κ2) is 7.65. The summed E-state index contributed by atoms with van der Waals surface area (Å²) in [7, 11) is 0. The van der Waals surface area contributed by atoms with Crippen LogP contribution in [-0.2, 0) is 0 Å². The normalized spacial score (nSPS) is 13.8. The average Bonchev–Trinajstić information content (AvgIpc) is 3.12. The summed E-state index contributed by atoms with van der Waals surface area (Å²) in [6.45, 7) is 3.84. The fraction of sp³-hybridized carbons (Fsp3) is 0.353. The summed E-state index contributed by atoms with van der Waals surface area (Å²) in [6, 6.07) is 4.22.